The van der Waals surface area contributed by atoms with Crippen LogP contribution in [-0.2, 0) is 32.2 Å². The van der Waals surface area contributed by atoms with Crippen molar-refractivity contribution in [3.05, 3.63) is 27.9 Å². The van der Waals surface area contributed by atoms with Gasteiger partial charge in [0.2, 0.25) is 0 Å². The minimum Gasteiger partial charge on any atom is -0.348 e. The molecule has 0 radical (unpaired) electrons. The summed E-state index contributed by atoms with van der Waals surface area (Å²) in [5.41, 5.74) is 5.86. The summed E-state index contributed by atoms with van der Waals surface area (Å²) < 4.78 is 2.67. The van der Waals surface area contributed by atoms with Crippen molar-refractivity contribution < 1.29 is 0 Å². The molecule has 0 bridgehead atoms. The van der Waals surface area contributed by atoms with Crippen LogP contribution in [0.3, 0.4) is 0 Å². The first kappa shape index (κ1) is 23.7. The molecule has 28 heavy (non-hydrogen) atoms. The van der Waals surface area contributed by atoms with Crippen LogP contribution in [0.2, 0.25) is 0 Å². The predicted octanol–water partition coefficient (Wildman–Crippen LogP) is 7.22. The lowest BCUT2D eigenvalue weighted by atomic mass is 10.0. The van der Waals surface area contributed by atoms with E-state index in [2.05, 4.69) is 11.5 Å². The van der Waals surface area contributed by atoms with Crippen LogP contribution in [0.5, 0.6) is 0 Å². The summed E-state index contributed by atoms with van der Waals surface area (Å²) in [4.78, 5) is 0. The minimum absolute atomic E-state index is 0. The number of nitrogens with zero attached hydrogens (tertiary/aromatic N) is 1. The highest BCUT2D eigenvalue weighted by molar-refractivity contribution is 8.93. The molecule has 2 aliphatic rings. The number of nitrogens with one attached hydrogen (secondary N) is 1. The molecule has 0 fully saturated rings. The molecule has 1 heterocycles. The van der Waals surface area contributed by atoms with Gasteiger partial charge in [-0.15, -0.1) is 17.0 Å². The fourth-order valence-corrected chi connectivity index (χ4v) is 5.32. The molecule has 0 aromatic carbocycles. The number of unbranched alkanes of at least 4 members (excludes halogenated alkanes) is 11. The monoisotopic (exact) mass is 450 g/mol. The SMILES string of the molecule is Br.CCCCCCCCCCCCCCn1c2c(c(=N)c3c1CCC3)CCC2. The van der Waals surface area contributed by atoms with Gasteiger partial charge in [-0.2, -0.15) is 0 Å². The second-order valence-corrected chi connectivity index (χ2v) is 8.97. The molecule has 0 saturated heterocycles. The molecule has 3 heteroatoms. The number of aromatic nitrogens is 1. The van der Waals surface area contributed by atoms with Crippen LogP contribution in [0.25, 0.3) is 0 Å². The Morgan fingerprint density at radius 2 is 1.07 bits per heavy atom. The van der Waals surface area contributed by atoms with E-state index in [1.807, 2.05) is 0 Å². The first-order valence-corrected chi connectivity index (χ1v) is 12.1. The van der Waals surface area contributed by atoms with Gasteiger partial charge in [-0.05, 0) is 56.1 Å². The summed E-state index contributed by atoms with van der Waals surface area (Å²) in [6.07, 6.45) is 24.3. The van der Waals surface area contributed by atoms with Gasteiger partial charge in [-0.25, -0.2) is 0 Å². The van der Waals surface area contributed by atoms with Gasteiger partial charge in [0.1, 0.15) is 0 Å². The van der Waals surface area contributed by atoms with E-state index < -0.39 is 0 Å². The first-order chi connectivity index (χ1) is 13.3. The normalized spacial score (nSPS) is 14.8. The van der Waals surface area contributed by atoms with Crippen LogP contribution < -0.4 is 5.36 Å². The van der Waals surface area contributed by atoms with Gasteiger partial charge in [0.25, 0.3) is 0 Å². The zero-order chi connectivity index (χ0) is 18.9. The van der Waals surface area contributed by atoms with Crippen molar-refractivity contribution in [3.8, 4) is 0 Å². The molecular formula is C25H43BrN2. The summed E-state index contributed by atoms with van der Waals surface area (Å²) >= 11 is 0. The third-order valence-electron chi connectivity index (χ3n) is 6.87. The molecule has 1 aromatic heterocycles. The van der Waals surface area contributed by atoms with Crippen molar-refractivity contribution in [2.45, 2.75) is 129 Å². The Labute approximate surface area is 183 Å². The van der Waals surface area contributed by atoms with Gasteiger partial charge >= 0.3 is 0 Å². The van der Waals surface area contributed by atoms with Crippen molar-refractivity contribution in [1.82, 2.24) is 4.57 Å². The second kappa shape index (κ2) is 12.9. The summed E-state index contributed by atoms with van der Waals surface area (Å²) in [6.45, 7) is 3.51. The van der Waals surface area contributed by atoms with Crippen LogP contribution in [-0.4, -0.2) is 4.57 Å². The lowest BCUT2D eigenvalue weighted by Gasteiger charge is -2.19. The fourth-order valence-electron chi connectivity index (χ4n) is 5.32. The molecule has 3 rings (SSSR count). The van der Waals surface area contributed by atoms with Crippen LogP contribution in [0.15, 0.2) is 0 Å². The van der Waals surface area contributed by atoms with Crippen molar-refractivity contribution >= 4 is 17.0 Å². The highest BCUT2D eigenvalue weighted by atomic mass is 79.9. The van der Waals surface area contributed by atoms with E-state index in [0.29, 0.717) is 0 Å². The molecule has 0 amide bonds. The largest absolute Gasteiger partial charge is 0.348 e. The number of hydrogen-bond acceptors (Lipinski definition) is 1. The lowest BCUT2D eigenvalue weighted by Crippen LogP contribution is -2.22. The van der Waals surface area contributed by atoms with Crippen molar-refractivity contribution in [2.24, 2.45) is 0 Å². The van der Waals surface area contributed by atoms with Crippen molar-refractivity contribution in [1.29, 1.82) is 5.41 Å². The van der Waals surface area contributed by atoms with E-state index in [0.717, 1.165) is 18.2 Å². The third-order valence-corrected chi connectivity index (χ3v) is 6.87. The van der Waals surface area contributed by atoms with E-state index >= 15 is 0 Å². The van der Waals surface area contributed by atoms with Crippen molar-refractivity contribution in [2.75, 3.05) is 0 Å². The molecule has 0 aliphatic heterocycles. The molecule has 0 atom stereocenters. The quantitative estimate of drug-likeness (QED) is 0.307. The molecule has 1 aromatic rings. The van der Waals surface area contributed by atoms with Gasteiger partial charge in [0.05, 0.1) is 5.36 Å². The molecule has 2 aliphatic carbocycles. The summed E-state index contributed by atoms with van der Waals surface area (Å²) in [7, 11) is 0. The summed E-state index contributed by atoms with van der Waals surface area (Å²) in [5.74, 6) is 0. The van der Waals surface area contributed by atoms with E-state index in [4.69, 9.17) is 5.41 Å². The standard InChI is InChI=1S/C25H42N2.BrH/c1-2-3-4-5-6-7-8-9-10-11-12-13-20-27-23-18-14-16-21(23)25(26)22-17-15-19-24(22)27;/h26H,2-20H2,1H3;1H. The average molecular weight is 452 g/mol. The number of hydrogen-bond donors (Lipinski definition) is 1. The Bertz CT molecular complexity index is 609. The van der Waals surface area contributed by atoms with Gasteiger partial charge in [0, 0.05) is 17.9 Å². The number of halogens is 1. The molecule has 0 saturated carbocycles. The summed E-state index contributed by atoms with van der Waals surface area (Å²) in [6, 6.07) is 0. The first-order valence-electron chi connectivity index (χ1n) is 12.1. The Morgan fingerprint density at radius 1 is 0.643 bits per heavy atom. The van der Waals surface area contributed by atoms with Crippen molar-refractivity contribution in [3.63, 3.8) is 0 Å². The molecule has 1 N–H and O–H groups in total. The zero-order valence-electron chi connectivity index (χ0n) is 18.3. The highest BCUT2D eigenvalue weighted by Gasteiger charge is 2.24. The van der Waals surface area contributed by atoms with Crippen LogP contribution in [0.1, 0.15) is 119 Å². The number of pyridine rings is 1. The predicted molar refractivity (Wildman–Crippen MR) is 126 cm³/mol. The van der Waals surface area contributed by atoms with Gasteiger partial charge in [-0.1, -0.05) is 77.6 Å². The van der Waals surface area contributed by atoms with Gasteiger partial charge in [-0.3, -0.25) is 0 Å². The van der Waals surface area contributed by atoms with E-state index in [-0.39, 0.29) is 17.0 Å². The Morgan fingerprint density at radius 3 is 1.54 bits per heavy atom. The topological polar surface area (TPSA) is 28.8 Å². The van der Waals surface area contributed by atoms with E-state index in [1.165, 1.54) is 132 Å². The van der Waals surface area contributed by atoms with E-state index in [1.54, 1.807) is 0 Å². The summed E-state index contributed by atoms with van der Waals surface area (Å²) in [5, 5.41) is 9.48. The van der Waals surface area contributed by atoms with Crippen LogP contribution in [0.4, 0.5) is 0 Å². The number of fused-ring (bicyclic) bond motifs is 2. The second-order valence-electron chi connectivity index (χ2n) is 8.97. The smallest absolute Gasteiger partial charge is 0.0638 e. The molecular weight excluding hydrogens is 408 g/mol. The number of rotatable bonds is 13. The van der Waals surface area contributed by atoms with Crippen LogP contribution >= 0.6 is 17.0 Å². The highest BCUT2D eigenvalue weighted by Crippen LogP contribution is 2.28. The molecule has 2 nitrogen and oxygen atoms in total. The molecule has 0 unspecified atom stereocenters. The lowest BCUT2D eigenvalue weighted by molar-refractivity contribution is 0.518. The average Bonchev–Trinajstić information content (AvgIpc) is 3.35. The maximum absolute atomic E-state index is 8.56. The Kier molecular flexibility index (Phi) is 10.9. The molecule has 160 valence electrons. The maximum Gasteiger partial charge on any atom is 0.0638 e. The maximum atomic E-state index is 8.56. The zero-order valence-corrected chi connectivity index (χ0v) is 20.0. The van der Waals surface area contributed by atoms with E-state index in [9.17, 15) is 0 Å². The van der Waals surface area contributed by atoms with Gasteiger partial charge in [0.15, 0.2) is 0 Å². The third kappa shape index (κ3) is 6.21. The van der Waals surface area contributed by atoms with Crippen LogP contribution in [0, 0.1) is 5.41 Å². The van der Waals surface area contributed by atoms with Gasteiger partial charge < -0.3 is 9.98 Å². The Hall–Kier alpha value is -0.570. The fraction of sp³-hybridized carbons (Fsp3) is 0.800. The Balaban J connectivity index is 0.00000280. The molecule has 0 spiro atoms. The minimum atomic E-state index is 0.